The van der Waals surface area contributed by atoms with Gasteiger partial charge in [0.25, 0.3) is 0 Å². The summed E-state index contributed by atoms with van der Waals surface area (Å²) < 4.78 is 43.1. The molecule has 32 heavy (non-hydrogen) atoms. The Kier molecular flexibility index (Phi) is 7.13. The van der Waals surface area contributed by atoms with Crippen LogP contribution in [0.5, 0.6) is 11.5 Å². The van der Waals surface area contributed by atoms with Gasteiger partial charge in [0.2, 0.25) is 0 Å². The Labute approximate surface area is 190 Å². The van der Waals surface area contributed by atoms with Gasteiger partial charge in [-0.25, -0.2) is 0 Å². The lowest BCUT2D eigenvalue weighted by Crippen LogP contribution is -2.28. The number of ether oxygens (including phenoxy) is 1. The predicted molar refractivity (Wildman–Crippen MR) is 124 cm³/mol. The fourth-order valence-corrected chi connectivity index (χ4v) is 3.50. The predicted octanol–water partition coefficient (Wildman–Crippen LogP) is 6.16. The molecule has 8 heteroatoms. The average Bonchev–Trinajstić information content (AvgIpc) is 3.57. The van der Waals surface area contributed by atoms with Crippen LogP contribution in [-0.4, -0.2) is 18.4 Å². The Bertz CT molecular complexity index is 1050. The summed E-state index contributed by atoms with van der Waals surface area (Å²) >= 11 is 4.23. The average molecular weight is 463 g/mol. The summed E-state index contributed by atoms with van der Waals surface area (Å²) in [5, 5.41) is 13.2. The molecular weight excluding hydrogens is 437 g/mol. The summed E-state index contributed by atoms with van der Waals surface area (Å²) in [5.41, 5.74) is 6.31. The number of thiol groups is 1. The van der Waals surface area contributed by atoms with Crippen molar-refractivity contribution in [2.45, 2.75) is 35.9 Å². The van der Waals surface area contributed by atoms with Crippen LogP contribution < -0.4 is 15.8 Å². The first kappa shape index (κ1) is 23.7. The number of alkyl halides is 3. The Morgan fingerprint density at radius 1 is 1.06 bits per heavy atom. The highest BCUT2D eigenvalue weighted by Gasteiger charge is 2.64. The molecule has 1 aliphatic rings. The number of nitrogens with one attached hydrogen (secondary N) is 1. The minimum atomic E-state index is -4.15. The lowest BCUT2D eigenvalue weighted by Gasteiger charge is -2.19. The minimum Gasteiger partial charge on any atom is -0.504 e. The fourth-order valence-electron chi connectivity index (χ4n) is 3.35. The number of phenolic OH excluding ortho intramolecular Hbond substituents is 1. The van der Waals surface area contributed by atoms with Crippen LogP contribution in [0, 0.1) is 0 Å². The first-order valence-corrected chi connectivity index (χ1v) is 10.4. The maximum atomic E-state index is 12.7. The molecule has 0 bridgehead atoms. The smallest absolute Gasteiger partial charge is 0.398 e. The van der Waals surface area contributed by atoms with Crippen LogP contribution >= 0.6 is 12.6 Å². The normalized spacial score (nSPS) is 14.2. The third kappa shape index (κ3) is 5.43. The van der Waals surface area contributed by atoms with Crippen molar-refractivity contribution in [1.82, 2.24) is 0 Å². The molecule has 170 valence electrons. The van der Waals surface area contributed by atoms with Crippen molar-refractivity contribution >= 4 is 24.0 Å². The van der Waals surface area contributed by atoms with Crippen LogP contribution in [0.2, 0.25) is 0 Å². The lowest BCUT2D eigenvalue weighted by molar-refractivity contribution is -0.160. The van der Waals surface area contributed by atoms with Crippen molar-refractivity contribution in [3.8, 4) is 11.5 Å². The molecule has 1 aliphatic carbocycles. The number of aromatic hydroxyl groups is 1. The van der Waals surface area contributed by atoms with Gasteiger partial charge < -0.3 is 20.9 Å². The van der Waals surface area contributed by atoms with Gasteiger partial charge in [0, 0.05) is 28.4 Å². The van der Waals surface area contributed by atoms with Gasteiger partial charge >= 0.3 is 6.18 Å². The standard InChI is InChI=1S/C14H15NO2S.C10H10F3N/c1-17-13-4-2-3-10(14(13)16)9-15-11-5-7-12(18)8-6-11;11-10(12,13)9(4-5-9)7-2-1-3-8(14)6-7/h2-8,15-16,18H,9H2,1H3;1-3,6H,4-5,14H2. The van der Waals surface area contributed by atoms with E-state index < -0.39 is 11.6 Å². The van der Waals surface area contributed by atoms with E-state index in [0.29, 0.717) is 23.5 Å². The summed E-state index contributed by atoms with van der Waals surface area (Å²) in [6.45, 7) is 0.537. The van der Waals surface area contributed by atoms with Crippen LogP contribution in [-0.2, 0) is 12.0 Å². The molecule has 0 heterocycles. The van der Waals surface area contributed by atoms with E-state index in [1.807, 2.05) is 36.4 Å². The summed E-state index contributed by atoms with van der Waals surface area (Å²) in [6.07, 6.45) is -3.79. The summed E-state index contributed by atoms with van der Waals surface area (Å²) in [7, 11) is 1.54. The number of nitrogens with two attached hydrogens (primary N) is 1. The third-order valence-corrected chi connectivity index (χ3v) is 5.68. The molecule has 4 rings (SSSR count). The SMILES string of the molecule is COc1cccc(CNc2ccc(S)cc2)c1O.Nc1cccc(C2(C(F)(F)F)CC2)c1. The van der Waals surface area contributed by atoms with Gasteiger partial charge in [0.1, 0.15) is 0 Å². The van der Waals surface area contributed by atoms with Gasteiger partial charge in [-0.3, -0.25) is 0 Å². The van der Waals surface area contributed by atoms with Crippen molar-refractivity contribution in [1.29, 1.82) is 0 Å². The van der Waals surface area contributed by atoms with Gasteiger partial charge in [-0.2, -0.15) is 13.2 Å². The second-order valence-corrected chi connectivity index (χ2v) is 8.09. The molecule has 0 aliphatic heterocycles. The topological polar surface area (TPSA) is 67.5 Å². The number of nitrogen functional groups attached to an aromatic ring is 1. The number of phenols is 1. The van der Waals surface area contributed by atoms with Crippen LogP contribution in [0.4, 0.5) is 24.5 Å². The Morgan fingerprint density at radius 2 is 1.72 bits per heavy atom. The molecule has 0 saturated heterocycles. The second-order valence-electron chi connectivity index (χ2n) is 7.57. The van der Waals surface area contributed by atoms with Gasteiger partial charge in [-0.1, -0.05) is 24.3 Å². The summed E-state index contributed by atoms with van der Waals surface area (Å²) in [5.74, 6) is 0.665. The number of halogens is 3. The van der Waals surface area contributed by atoms with Crippen molar-refractivity contribution < 1.29 is 23.0 Å². The van der Waals surface area contributed by atoms with Crippen LogP contribution in [0.25, 0.3) is 0 Å². The highest BCUT2D eigenvalue weighted by Crippen LogP contribution is 2.59. The van der Waals surface area contributed by atoms with Gasteiger partial charge in [0.05, 0.1) is 12.5 Å². The van der Waals surface area contributed by atoms with E-state index in [1.54, 1.807) is 18.2 Å². The number of para-hydroxylation sites is 1. The molecule has 1 saturated carbocycles. The van der Waals surface area contributed by atoms with Crippen LogP contribution in [0.15, 0.2) is 71.6 Å². The van der Waals surface area contributed by atoms with Crippen molar-refractivity contribution in [3.63, 3.8) is 0 Å². The maximum Gasteiger partial charge on any atom is 0.398 e. The molecule has 0 atom stereocenters. The quantitative estimate of drug-likeness (QED) is 0.271. The van der Waals surface area contributed by atoms with Gasteiger partial charge in [-0.05, 0) is 60.9 Å². The number of hydrogen-bond donors (Lipinski definition) is 4. The van der Waals surface area contributed by atoms with E-state index in [2.05, 4.69) is 17.9 Å². The molecule has 1 fully saturated rings. The number of hydrogen-bond acceptors (Lipinski definition) is 5. The maximum absolute atomic E-state index is 12.7. The molecule has 3 aromatic rings. The second kappa shape index (κ2) is 9.65. The van der Waals surface area contributed by atoms with Gasteiger partial charge in [0.15, 0.2) is 11.5 Å². The van der Waals surface area contributed by atoms with E-state index >= 15 is 0 Å². The van der Waals surface area contributed by atoms with Crippen LogP contribution in [0.1, 0.15) is 24.0 Å². The van der Waals surface area contributed by atoms with E-state index in [4.69, 9.17) is 10.5 Å². The van der Waals surface area contributed by atoms with Crippen molar-refractivity contribution in [3.05, 3.63) is 77.9 Å². The molecular formula is C24H25F3N2O2S. The fraction of sp³-hybridized carbons (Fsp3) is 0.250. The Hall–Kier alpha value is -3.00. The van der Waals surface area contributed by atoms with Gasteiger partial charge in [-0.15, -0.1) is 12.6 Å². The number of methoxy groups -OCH3 is 1. The zero-order chi connectivity index (χ0) is 23.4. The van der Waals surface area contributed by atoms with Crippen molar-refractivity contribution in [2.24, 2.45) is 0 Å². The summed E-state index contributed by atoms with van der Waals surface area (Å²) in [4.78, 5) is 0.921. The van der Waals surface area contributed by atoms with E-state index in [0.717, 1.165) is 16.1 Å². The lowest BCUT2D eigenvalue weighted by atomic mass is 9.95. The first-order valence-electron chi connectivity index (χ1n) is 9.97. The number of rotatable bonds is 5. The highest BCUT2D eigenvalue weighted by molar-refractivity contribution is 7.80. The molecule has 0 aromatic heterocycles. The zero-order valence-electron chi connectivity index (χ0n) is 17.5. The van der Waals surface area contributed by atoms with E-state index in [9.17, 15) is 18.3 Å². The number of anilines is 2. The minimum absolute atomic E-state index is 0.179. The molecule has 4 N–H and O–H groups in total. The molecule has 3 aromatic carbocycles. The number of benzene rings is 3. The largest absolute Gasteiger partial charge is 0.504 e. The summed E-state index contributed by atoms with van der Waals surface area (Å²) in [6, 6.07) is 19.2. The Balaban J connectivity index is 0.000000186. The Morgan fingerprint density at radius 3 is 2.28 bits per heavy atom. The van der Waals surface area contributed by atoms with Crippen molar-refractivity contribution in [2.75, 3.05) is 18.2 Å². The third-order valence-electron chi connectivity index (χ3n) is 5.38. The monoisotopic (exact) mass is 462 g/mol. The first-order chi connectivity index (χ1) is 15.2. The molecule has 4 nitrogen and oxygen atoms in total. The van der Waals surface area contributed by atoms with E-state index in [1.165, 1.54) is 19.2 Å². The van der Waals surface area contributed by atoms with E-state index in [-0.39, 0.29) is 18.6 Å². The highest BCUT2D eigenvalue weighted by atomic mass is 32.1. The molecule has 0 radical (unpaired) electrons. The molecule has 0 amide bonds. The van der Waals surface area contributed by atoms with Crippen LogP contribution in [0.3, 0.4) is 0 Å². The molecule has 0 spiro atoms. The molecule has 0 unspecified atom stereocenters. The zero-order valence-corrected chi connectivity index (χ0v) is 18.4.